The fourth-order valence-electron chi connectivity index (χ4n) is 3.16. The molecule has 3 nitrogen and oxygen atoms in total. The van der Waals surface area contributed by atoms with Crippen LogP contribution >= 0.6 is 0 Å². The minimum absolute atomic E-state index is 0.569. The lowest BCUT2D eigenvalue weighted by atomic mass is 9.75. The highest BCUT2D eigenvalue weighted by Gasteiger charge is 2.34. The van der Waals surface area contributed by atoms with Crippen molar-refractivity contribution in [2.45, 2.75) is 39.2 Å². The standard InChI is InChI=1S/C14H31N3/c1-6-14(12-16(4)5)7-9-17(10-8-14)13(2)11-15-3/h13,15H,6-12H2,1-5H3. The van der Waals surface area contributed by atoms with Gasteiger partial charge in [0.15, 0.2) is 0 Å². The second kappa shape index (κ2) is 6.72. The number of hydrogen-bond donors (Lipinski definition) is 1. The SMILES string of the molecule is CCC1(CN(C)C)CCN(C(C)CNC)CC1. The summed E-state index contributed by atoms with van der Waals surface area (Å²) in [5.41, 5.74) is 0.569. The molecule has 1 N–H and O–H groups in total. The molecule has 0 aromatic heterocycles. The summed E-state index contributed by atoms with van der Waals surface area (Å²) in [5, 5.41) is 3.28. The summed E-state index contributed by atoms with van der Waals surface area (Å²) in [5.74, 6) is 0. The highest BCUT2D eigenvalue weighted by atomic mass is 15.2. The lowest BCUT2D eigenvalue weighted by molar-refractivity contribution is 0.0545. The van der Waals surface area contributed by atoms with E-state index in [0.29, 0.717) is 11.5 Å². The number of hydrogen-bond acceptors (Lipinski definition) is 3. The average molecular weight is 241 g/mol. The Morgan fingerprint density at radius 2 is 1.88 bits per heavy atom. The molecule has 3 heteroatoms. The Hall–Kier alpha value is -0.120. The van der Waals surface area contributed by atoms with Crippen molar-refractivity contribution in [1.29, 1.82) is 0 Å². The molecule has 0 spiro atoms. The number of likely N-dealkylation sites (tertiary alicyclic amines) is 1. The smallest absolute Gasteiger partial charge is 0.0192 e. The Morgan fingerprint density at radius 1 is 1.29 bits per heavy atom. The van der Waals surface area contributed by atoms with E-state index < -0.39 is 0 Å². The van der Waals surface area contributed by atoms with E-state index >= 15 is 0 Å². The van der Waals surface area contributed by atoms with Crippen LogP contribution in [0.1, 0.15) is 33.1 Å². The monoisotopic (exact) mass is 241 g/mol. The van der Waals surface area contributed by atoms with Crippen LogP contribution in [0.2, 0.25) is 0 Å². The molecule has 1 atom stereocenters. The second-order valence-electron chi connectivity index (χ2n) is 6.03. The van der Waals surface area contributed by atoms with Crippen LogP contribution < -0.4 is 5.32 Å². The van der Waals surface area contributed by atoms with Gasteiger partial charge >= 0.3 is 0 Å². The number of rotatable bonds is 6. The zero-order valence-corrected chi connectivity index (χ0v) is 12.4. The largest absolute Gasteiger partial charge is 0.318 e. The van der Waals surface area contributed by atoms with Crippen LogP contribution in [0, 0.1) is 5.41 Å². The average Bonchev–Trinajstić information content (AvgIpc) is 2.29. The van der Waals surface area contributed by atoms with Gasteiger partial charge in [0.05, 0.1) is 0 Å². The van der Waals surface area contributed by atoms with Gasteiger partial charge in [-0.3, -0.25) is 4.90 Å². The summed E-state index contributed by atoms with van der Waals surface area (Å²) in [6.45, 7) is 9.58. The molecule has 0 bridgehead atoms. The van der Waals surface area contributed by atoms with Gasteiger partial charge in [-0.2, -0.15) is 0 Å². The third-order valence-corrected chi connectivity index (χ3v) is 4.38. The molecular weight excluding hydrogens is 210 g/mol. The van der Waals surface area contributed by atoms with E-state index in [9.17, 15) is 0 Å². The van der Waals surface area contributed by atoms with E-state index in [1.54, 1.807) is 0 Å². The van der Waals surface area contributed by atoms with Crippen LogP contribution in [-0.2, 0) is 0 Å². The summed E-state index contributed by atoms with van der Waals surface area (Å²) in [4.78, 5) is 5.00. The maximum Gasteiger partial charge on any atom is 0.0192 e. The van der Waals surface area contributed by atoms with E-state index in [-0.39, 0.29) is 0 Å². The molecule has 17 heavy (non-hydrogen) atoms. The Bertz CT molecular complexity index is 208. The van der Waals surface area contributed by atoms with Gasteiger partial charge in [0.25, 0.3) is 0 Å². The zero-order chi connectivity index (χ0) is 12.9. The Kier molecular flexibility index (Phi) is 5.90. The van der Waals surface area contributed by atoms with Crippen molar-refractivity contribution in [2.75, 3.05) is 47.3 Å². The molecule has 102 valence electrons. The molecule has 1 aliphatic rings. The van der Waals surface area contributed by atoms with Crippen molar-refractivity contribution in [3.63, 3.8) is 0 Å². The van der Waals surface area contributed by atoms with Gasteiger partial charge < -0.3 is 10.2 Å². The minimum Gasteiger partial charge on any atom is -0.318 e. The van der Waals surface area contributed by atoms with Gasteiger partial charge in [-0.25, -0.2) is 0 Å². The molecule has 0 radical (unpaired) electrons. The predicted molar refractivity (Wildman–Crippen MR) is 75.5 cm³/mol. The van der Waals surface area contributed by atoms with Crippen LogP contribution in [0.4, 0.5) is 0 Å². The molecule has 0 aromatic carbocycles. The van der Waals surface area contributed by atoms with Gasteiger partial charge in [-0.15, -0.1) is 0 Å². The van der Waals surface area contributed by atoms with Crippen LogP contribution in [0.25, 0.3) is 0 Å². The van der Waals surface area contributed by atoms with Crippen LogP contribution in [0.15, 0.2) is 0 Å². The number of nitrogens with zero attached hydrogens (tertiary/aromatic N) is 2. The van der Waals surface area contributed by atoms with Crippen molar-refractivity contribution in [3.8, 4) is 0 Å². The first-order chi connectivity index (χ1) is 8.03. The van der Waals surface area contributed by atoms with Crippen molar-refractivity contribution >= 4 is 0 Å². The first-order valence-electron chi connectivity index (χ1n) is 7.06. The highest BCUT2D eigenvalue weighted by molar-refractivity contribution is 4.88. The zero-order valence-electron chi connectivity index (χ0n) is 12.4. The fourth-order valence-corrected chi connectivity index (χ4v) is 3.16. The topological polar surface area (TPSA) is 18.5 Å². The molecule has 0 saturated carbocycles. The molecule has 1 rings (SSSR count). The van der Waals surface area contributed by atoms with Crippen molar-refractivity contribution < 1.29 is 0 Å². The van der Waals surface area contributed by atoms with Crippen molar-refractivity contribution in [1.82, 2.24) is 15.1 Å². The summed E-state index contributed by atoms with van der Waals surface area (Å²) >= 11 is 0. The van der Waals surface area contributed by atoms with Crippen LogP contribution in [-0.4, -0.2) is 63.2 Å². The highest BCUT2D eigenvalue weighted by Crippen LogP contribution is 2.35. The summed E-state index contributed by atoms with van der Waals surface area (Å²) in [7, 11) is 6.45. The molecule has 1 saturated heterocycles. The van der Waals surface area contributed by atoms with Crippen molar-refractivity contribution in [2.24, 2.45) is 5.41 Å². The molecule has 1 aliphatic heterocycles. The number of piperidine rings is 1. The molecule has 0 aliphatic carbocycles. The maximum atomic E-state index is 3.28. The lowest BCUT2D eigenvalue weighted by Crippen LogP contribution is -2.49. The normalized spacial score (nSPS) is 22.9. The van der Waals surface area contributed by atoms with Gasteiger partial charge in [-0.1, -0.05) is 6.92 Å². The predicted octanol–water partition coefficient (Wildman–Crippen LogP) is 1.65. The van der Waals surface area contributed by atoms with Crippen LogP contribution in [0.5, 0.6) is 0 Å². The third-order valence-electron chi connectivity index (χ3n) is 4.38. The number of likely N-dealkylation sites (N-methyl/N-ethyl adjacent to an activating group) is 1. The molecule has 1 unspecified atom stereocenters. The molecule has 0 aromatic rings. The van der Waals surface area contributed by atoms with Gasteiger partial charge in [0.2, 0.25) is 0 Å². The van der Waals surface area contributed by atoms with E-state index in [4.69, 9.17) is 0 Å². The second-order valence-corrected chi connectivity index (χ2v) is 6.03. The Balaban J connectivity index is 2.47. The summed E-state index contributed by atoms with van der Waals surface area (Å²) in [6, 6.07) is 0.675. The first kappa shape index (κ1) is 14.9. The summed E-state index contributed by atoms with van der Waals surface area (Å²) in [6.07, 6.45) is 4.03. The Labute approximate surface area is 108 Å². The summed E-state index contributed by atoms with van der Waals surface area (Å²) < 4.78 is 0. The van der Waals surface area contributed by atoms with E-state index in [1.165, 1.54) is 38.9 Å². The van der Waals surface area contributed by atoms with Gasteiger partial charge in [0.1, 0.15) is 0 Å². The van der Waals surface area contributed by atoms with Crippen molar-refractivity contribution in [3.05, 3.63) is 0 Å². The van der Waals surface area contributed by atoms with Gasteiger partial charge in [-0.05, 0) is 65.8 Å². The molecular formula is C14H31N3. The van der Waals surface area contributed by atoms with Gasteiger partial charge in [0, 0.05) is 19.1 Å². The lowest BCUT2D eigenvalue weighted by Gasteiger charge is -2.44. The molecule has 1 heterocycles. The maximum absolute atomic E-state index is 3.28. The quantitative estimate of drug-likeness (QED) is 0.763. The molecule has 1 fully saturated rings. The van der Waals surface area contributed by atoms with E-state index in [2.05, 4.69) is 43.1 Å². The van der Waals surface area contributed by atoms with E-state index in [1.807, 2.05) is 7.05 Å². The van der Waals surface area contributed by atoms with E-state index in [0.717, 1.165) is 6.54 Å². The Morgan fingerprint density at radius 3 is 2.29 bits per heavy atom. The molecule has 0 amide bonds. The number of nitrogens with one attached hydrogen (secondary N) is 1. The fraction of sp³-hybridized carbons (Fsp3) is 1.00. The third kappa shape index (κ3) is 4.23. The first-order valence-corrected chi connectivity index (χ1v) is 7.06. The minimum atomic E-state index is 0.569. The van der Waals surface area contributed by atoms with Crippen LogP contribution in [0.3, 0.4) is 0 Å².